The molecule has 0 unspecified atom stereocenters. The number of nitrogens with one attached hydrogen (secondary N) is 3. The Kier molecular flexibility index (Phi) is 11.8. The maximum Gasteiger partial charge on any atom is 0.223 e. The number of morpholine rings is 1. The lowest BCUT2D eigenvalue weighted by Gasteiger charge is -2.39. The van der Waals surface area contributed by atoms with E-state index in [-0.39, 0.29) is 42.7 Å². The maximum absolute atomic E-state index is 12.5. The summed E-state index contributed by atoms with van der Waals surface area (Å²) in [6.07, 6.45) is 6.18. The first-order valence-electron chi connectivity index (χ1n) is 10.4. The molecule has 1 aromatic heterocycles. The summed E-state index contributed by atoms with van der Waals surface area (Å²) in [5.41, 5.74) is 0.974. The van der Waals surface area contributed by atoms with Gasteiger partial charge in [0.05, 0.1) is 12.7 Å². The first-order valence-corrected chi connectivity index (χ1v) is 10.4. The van der Waals surface area contributed by atoms with Crippen LogP contribution in [0.2, 0.25) is 0 Å². The van der Waals surface area contributed by atoms with Crippen molar-refractivity contribution in [1.82, 2.24) is 20.6 Å². The topological polar surface area (TPSA) is 88.2 Å². The minimum atomic E-state index is 0. The number of amides is 1. The molecule has 9 heteroatoms. The molecule has 3 atom stereocenters. The van der Waals surface area contributed by atoms with E-state index in [1.807, 2.05) is 13.0 Å². The summed E-state index contributed by atoms with van der Waals surface area (Å²) in [6.45, 7) is 7.09. The van der Waals surface area contributed by atoms with Crippen LogP contribution >= 0.6 is 24.8 Å². The molecule has 1 saturated heterocycles. The summed E-state index contributed by atoms with van der Waals surface area (Å²) in [5.74, 6) is 1.97. The Labute approximate surface area is 186 Å². The zero-order chi connectivity index (χ0) is 19.1. The molecule has 0 aromatic carbocycles. The highest BCUT2D eigenvalue weighted by Gasteiger charge is 2.35. The number of aromatic nitrogens is 2. The van der Waals surface area contributed by atoms with E-state index in [9.17, 15) is 4.79 Å². The third-order valence-corrected chi connectivity index (χ3v) is 5.38. The average molecular weight is 448 g/mol. The minimum Gasteiger partial charge on any atom is -0.375 e. The molecule has 2 aliphatic rings. The van der Waals surface area contributed by atoms with E-state index < -0.39 is 0 Å². The molecule has 0 spiro atoms. The number of nitrogens with zero attached hydrogens (tertiary/aromatic N) is 2. The fraction of sp³-hybridized carbons (Fsp3) is 0.750. The van der Waals surface area contributed by atoms with Crippen molar-refractivity contribution >= 4 is 36.5 Å². The lowest BCUT2D eigenvalue weighted by atomic mass is 9.82. The average Bonchev–Trinajstić information content (AvgIpc) is 2.68. The summed E-state index contributed by atoms with van der Waals surface area (Å²) in [7, 11) is 0. The number of carbonyl (C=O) groups excluding carboxylic acids is 1. The number of hydrogen-bond acceptors (Lipinski definition) is 6. The molecular weight excluding hydrogens is 413 g/mol. The van der Waals surface area contributed by atoms with Crippen LogP contribution in [0.5, 0.6) is 0 Å². The molecule has 1 saturated carbocycles. The molecule has 0 bridgehead atoms. The van der Waals surface area contributed by atoms with Gasteiger partial charge in [0.1, 0.15) is 11.6 Å². The zero-order valence-corrected chi connectivity index (χ0v) is 19.0. The Bertz CT molecular complexity index is 635. The normalized spacial score (nSPS) is 23.2. The van der Waals surface area contributed by atoms with Gasteiger partial charge in [0.25, 0.3) is 0 Å². The third kappa shape index (κ3) is 7.89. The van der Waals surface area contributed by atoms with Gasteiger partial charge in [0.2, 0.25) is 5.91 Å². The van der Waals surface area contributed by atoms with Crippen LogP contribution in [-0.2, 0) is 16.0 Å². The molecule has 0 radical (unpaired) electrons. The van der Waals surface area contributed by atoms with Gasteiger partial charge in [-0.25, -0.2) is 9.97 Å². The van der Waals surface area contributed by atoms with Crippen molar-refractivity contribution in [1.29, 1.82) is 0 Å². The number of ether oxygens (including phenoxy) is 1. The van der Waals surface area contributed by atoms with Gasteiger partial charge in [-0.05, 0) is 32.6 Å². The van der Waals surface area contributed by atoms with Crippen LogP contribution in [0.4, 0.5) is 5.82 Å². The smallest absolute Gasteiger partial charge is 0.223 e. The van der Waals surface area contributed by atoms with Crippen molar-refractivity contribution < 1.29 is 9.53 Å². The summed E-state index contributed by atoms with van der Waals surface area (Å²) in [4.78, 5) is 21.5. The molecule has 7 nitrogen and oxygen atoms in total. The van der Waals surface area contributed by atoms with E-state index in [1.54, 1.807) is 0 Å². The molecule has 1 aliphatic heterocycles. The Morgan fingerprint density at radius 1 is 1.28 bits per heavy atom. The number of carbonyl (C=O) groups is 1. The van der Waals surface area contributed by atoms with Crippen LogP contribution in [0, 0.1) is 12.8 Å². The van der Waals surface area contributed by atoms with Gasteiger partial charge in [-0.2, -0.15) is 0 Å². The second-order valence-corrected chi connectivity index (χ2v) is 7.61. The first kappa shape index (κ1) is 25.9. The van der Waals surface area contributed by atoms with Crippen LogP contribution < -0.4 is 16.0 Å². The summed E-state index contributed by atoms with van der Waals surface area (Å²) < 4.78 is 5.78. The molecule has 1 aliphatic carbocycles. The van der Waals surface area contributed by atoms with E-state index in [0.29, 0.717) is 19.1 Å². The van der Waals surface area contributed by atoms with Gasteiger partial charge in [0.15, 0.2) is 0 Å². The van der Waals surface area contributed by atoms with Crippen LogP contribution in [-0.4, -0.2) is 54.3 Å². The molecular formula is C20H35Cl2N5O2. The van der Waals surface area contributed by atoms with Gasteiger partial charge >= 0.3 is 0 Å². The zero-order valence-electron chi connectivity index (χ0n) is 17.4. The molecule has 3 N–H and O–H groups in total. The van der Waals surface area contributed by atoms with Crippen molar-refractivity contribution in [3.8, 4) is 0 Å². The van der Waals surface area contributed by atoms with Crippen LogP contribution in [0.3, 0.4) is 0 Å². The molecule has 29 heavy (non-hydrogen) atoms. The molecule has 3 rings (SSSR count). The van der Waals surface area contributed by atoms with E-state index in [1.165, 1.54) is 0 Å². The summed E-state index contributed by atoms with van der Waals surface area (Å²) in [5, 5.41) is 9.86. The summed E-state index contributed by atoms with van der Waals surface area (Å²) in [6, 6.07) is 2.28. The highest BCUT2D eigenvalue weighted by atomic mass is 35.5. The second kappa shape index (κ2) is 13.2. The van der Waals surface area contributed by atoms with Crippen molar-refractivity contribution in [3.05, 3.63) is 17.6 Å². The van der Waals surface area contributed by atoms with Crippen molar-refractivity contribution in [2.45, 2.75) is 64.5 Å². The minimum absolute atomic E-state index is 0. The fourth-order valence-electron chi connectivity index (χ4n) is 3.94. The second-order valence-electron chi connectivity index (χ2n) is 7.61. The number of rotatable bonds is 8. The largest absolute Gasteiger partial charge is 0.375 e. The lowest BCUT2D eigenvalue weighted by Crippen LogP contribution is -2.53. The molecule has 1 amide bonds. The number of anilines is 1. The Morgan fingerprint density at radius 2 is 2.10 bits per heavy atom. The molecule has 2 heterocycles. The van der Waals surface area contributed by atoms with Gasteiger partial charge in [-0.1, -0.05) is 13.3 Å². The van der Waals surface area contributed by atoms with Crippen molar-refractivity contribution in [2.75, 3.05) is 31.6 Å². The van der Waals surface area contributed by atoms with E-state index >= 15 is 0 Å². The highest BCUT2D eigenvalue weighted by molar-refractivity contribution is 5.85. The van der Waals surface area contributed by atoms with Crippen LogP contribution in [0.1, 0.15) is 50.5 Å². The van der Waals surface area contributed by atoms with Gasteiger partial charge in [-0.15, -0.1) is 24.8 Å². The Morgan fingerprint density at radius 3 is 2.90 bits per heavy atom. The van der Waals surface area contributed by atoms with E-state index in [0.717, 1.165) is 69.0 Å². The highest BCUT2D eigenvalue weighted by Crippen LogP contribution is 2.28. The summed E-state index contributed by atoms with van der Waals surface area (Å²) >= 11 is 0. The third-order valence-electron chi connectivity index (χ3n) is 5.38. The van der Waals surface area contributed by atoms with E-state index in [2.05, 4.69) is 32.8 Å². The lowest BCUT2D eigenvalue weighted by molar-refractivity contribution is -0.128. The predicted molar refractivity (Wildman–Crippen MR) is 120 cm³/mol. The standard InChI is InChI=1S/C20H33N5O2.2ClH/c1-3-4-5-18-24-14(2)12-19(25-18)22-8-9-23-20(26)15-6-7-17-16(13-15)21-10-11-27-17;;/h12,15-17,21H,3-11,13H2,1-2H3,(H,23,26)(H,22,24,25);2*1H/t15-,16+,17+;;/m0../s1. The molecule has 166 valence electrons. The number of aryl methyl sites for hydroxylation is 2. The Hall–Kier alpha value is -1.15. The number of unbranched alkanes of at least 4 members (excludes halogenated alkanes) is 1. The monoisotopic (exact) mass is 447 g/mol. The number of halogens is 2. The predicted octanol–water partition coefficient (Wildman–Crippen LogP) is 2.66. The number of fused-ring (bicyclic) bond motifs is 1. The quantitative estimate of drug-likeness (QED) is 0.530. The van der Waals surface area contributed by atoms with Gasteiger partial charge < -0.3 is 20.7 Å². The van der Waals surface area contributed by atoms with Crippen molar-refractivity contribution in [3.63, 3.8) is 0 Å². The SMILES string of the molecule is CCCCc1nc(C)cc(NCCNC(=O)[C@H]2CC[C@H]3OCCN[C@@H]3C2)n1.Cl.Cl. The molecule has 1 aromatic rings. The molecule has 2 fully saturated rings. The van der Waals surface area contributed by atoms with Crippen molar-refractivity contribution in [2.24, 2.45) is 5.92 Å². The first-order chi connectivity index (χ1) is 13.2. The van der Waals surface area contributed by atoms with Crippen LogP contribution in [0.15, 0.2) is 6.07 Å². The van der Waals surface area contributed by atoms with Gasteiger partial charge in [0, 0.05) is 49.8 Å². The van der Waals surface area contributed by atoms with Crippen LogP contribution in [0.25, 0.3) is 0 Å². The van der Waals surface area contributed by atoms with E-state index in [4.69, 9.17) is 4.74 Å². The maximum atomic E-state index is 12.5. The Balaban J connectivity index is 0.00000210. The number of hydrogen-bond donors (Lipinski definition) is 3. The van der Waals surface area contributed by atoms with Gasteiger partial charge in [-0.3, -0.25) is 4.79 Å². The fourth-order valence-corrected chi connectivity index (χ4v) is 3.94.